The molecule has 1 N–H and O–H groups in total. The van der Waals surface area contributed by atoms with Crippen LogP contribution in [0, 0.1) is 10.1 Å². The van der Waals surface area contributed by atoms with E-state index >= 15 is 0 Å². The van der Waals surface area contributed by atoms with Gasteiger partial charge in [0.1, 0.15) is 5.69 Å². The Morgan fingerprint density at radius 1 is 1.73 bits per heavy atom. The molecule has 1 aromatic rings. The number of nitrogens with one attached hydrogen (secondary N) is 1. The molecule has 0 aromatic carbocycles. The first kappa shape index (κ1) is 7.74. The van der Waals surface area contributed by atoms with Crippen LogP contribution in [0.3, 0.4) is 0 Å². The fourth-order valence-corrected chi connectivity index (χ4v) is 0.706. The zero-order valence-electron chi connectivity index (χ0n) is 5.32. The van der Waals surface area contributed by atoms with Crippen molar-refractivity contribution in [3.63, 3.8) is 0 Å². The summed E-state index contributed by atoms with van der Waals surface area (Å²) in [7, 11) is 0. The molecular weight excluding hydrogens is 170 g/mol. The van der Waals surface area contributed by atoms with E-state index in [-0.39, 0.29) is 10.7 Å². The van der Waals surface area contributed by atoms with E-state index < -0.39 is 5.03 Å². The molecular formula is C5H4ClN3O2. The molecule has 0 saturated heterocycles. The fourth-order valence-electron chi connectivity index (χ4n) is 0.558. The van der Waals surface area contributed by atoms with Gasteiger partial charge in [-0.1, -0.05) is 11.6 Å². The number of anilines is 1. The quantitative estimate of drug-likeness (QED) is 0.541. The predicted octanol–water partition coefficient (Wildman–Crippen LogP) is 1.34. The van der Waals surface area contributed by atoms with E-state index in [1.54, 1.807) is 0 Å². The summed E-state index contributed by atoms with van der Waals surface area (Å²) in [5.41, 5.74) is 2.09. The fraction of sp³-hybridized carbons (Fsp3) is 0. The molecule has 1 heterocycles. The molecule has 0 aliphatic heterocycles. The number of hydrogen-bond acceptors (Lipinski definition) is 3. The van der Waals surface area contributed by atoms with Crippen molar-refractivity contribution in [1.82, 2.24) is 4.98 Å². The Labute approximate surface area is 67.1 Å². The first-order valence-electron chi connectivity index (χ1n) is 2.70. The van der Waals surface area contributed by atoms with Crippen LogP contribution in [-0.2, 0) is 0 Å². The highest BCUT2D eigenvalue weighted by atomic mass is 35.5. The van der Waals surface area contributed by atoms with Gasteiger partial charge in [0, 0.05) is 6.20 Å². The van der Waals surface area contributed by atoms with Crippen LogP contribution >= 0.6 is 11.6 Å². The Morgan fingerprint density at radius 2 is 2.45 bits per heavy atom. The molecule has 0 radical (unpaired) electrons. The van der Waals surface area contributed by atoms with E-state index in [1.807, 2.05) is 5.43 Å². The maximum atomic E-state index is 9.93. The van der Waals surface area contributed by atoms with E-state index in [1.165, 1.54) is 18.5 Å². The third-order valence-electron chi connectivity index (χ3n) is 0.980. The van der Waals surface area contributed by atoms with Crippen LogP contribution in [0.5, 0.6) is 0 Å². The van der Waals surface area contributed by atoms with Gasteiger partial charge in [-0.2, -0.15) is 0 Å². The van der Waals surface area contributed by atoms with Crippen LogP contribution < -0.4 is 5.43 Å². The Bertz CT molecular complexity index is 278. The standard InChI is InChI=1S/C5H4ClN3O2/c6-4-1-2-7-3-5(4)8-9(10)11/h1-3,8H. The molecule has 6 heteroatoms. The molecule has 1 rings (SSSR count). The summed E-state index contributed by atoms with van der Waals surface area (Å²) < 4.78 is 0. The summed E-state index contributed by atoms with van der Waals surface area (Å²) in [6.07, 6.45) is 2.73. The second-order valence-electron chi connectivity index (χ2n) is 1.72. The van der Waals surface area contributed by atoms with E-state index in [4.69, 9.17) is 11.6 Å². The van der Waals surface area contributed by atoms with E-state index in [0.717, 1.165) is 0 Å². The molecule has 0 aliphatic rings. The summed E-state index contributed by atoms with van der Waals surface area (Å²) in [5, 5.41) is 9.51. The number of pyridine rings is 1. The van der Waals surface area contributed by atoms with Gasteiger partial charge in [-0.05, 0) is 6.07 Å². The average Bonchev–Trinajstić information content (AvgIpc) is 1.93. The summed E-state index contributed by atoms with van der Waals surface area (Å²) in [6.45, 7) is 0. The highest BCUT2D eigenvalue weighted by molar-refractivity contribution is 6.33. The molecule has 5 nitrogen and oxygen atoms in total. The average molecular weight is 174 g/mol. The topological polar surface area (TPSA) is 68.1 Å². The van der Waals surface area contributed by atoms with Gasteiger partial charge in [-0.3, -0.25) is 4.98 Å². The lowest BCUT2D eigenvalue weighted by atomic mass is 10.4. The number of halogens is 1. The van der Waals surface area contributed by atoms with Crippen molar-refractivity contribution < 1.29 is 5.03 Å². The van der Waals surface area contributed by atoms with Gasteiger partial charge in [0.05, 0.1) is 11.2 Å². The molecule has 1 aromatic heterocycles. The molecule has 0 atom stereocenters. The van der Waals surface area contributed by atoms with Crippen LogP contribution in [0.2, 0.25) is 5.02 Å². The number of nitrogens with zero attached hydrogens (tertiary/aromatic N) is 2. The van der Waals surface area contributed by atoms with Crippen molar-refractivity contribution in [1.29, 1.82) is 0 Å². The number of nitro groups is 1. The highest BCUT2D eigenvalue weighted by Gasteiger charge is 2.02. The molecule has 0 aliphatic carbocycles. The summed E-state index contributed by atoms with van der Waals surface area (Å²) in [5.74, 6) is 0. The van der Waals surface area contributed by atoms with Crippen LogP contribution in [0.25, 0.3) is 0 Å². The van der Waals surface area contributed by atoms with Gasteiger partial charge in [0.15, 0.2) is 5.03 Å². The van der Waals surface area contributed by atoms with Crippen molar-refractivity contribution in [2.75, 3.05) is 5.43 Å². The maximum Gasteiger partial charge on any atom is 0.162 e. The monoisotopic (exact) mass is 173 g/mol. The van der Waals surface area contributed by atoms with Gasteiger partial charge in [-0.15, -0.1) is 5.43 Å². The summed E-state index contributed by atoms with van der Waals surface area (Å²) in [6, 6.07) is 1.47. The van der Waals surface area contributed by atoms with Crippen molar-refractivity contribution in [2.24, 2.45) is 0 Å². The largest absolute Gasteiger partial charge is 0.262 e. The Balaban J connectivity index is 2.86. The number of rotatable bonds is 2. The van der Waals surface area contributed by atoms with Crippen LogP contribution in [0.15, 0.2) is 18.5 Å². The minimum atomic E-state index is -0.692. The molecule has 0 spiro atoms. The highest BCUT2D eigenvalue weighted by Crippen LogP contribution is 2.18. The second-order valence-corrected chi connectivity index (χ2v) is 2.13. The van der Waals surface area contributed by atoms with Gasteiger partial charge in [0.2, 0.25) is 0 Å². The molecule has 58 valence electrons. The van der Waals surface area contributed by atoms with Crippen molar-refractivity contribution >= 4 is 17.3 Å². The molecule has 0 unspecified atom stereocenters. The smallest absolute Gasteiger partial charge is 0.162 e. The lowest BCUT2D eigenvalue weighted by molar-refractivity contribution is -0.445. The maximum absolute atomic E-state index is 9.93. The third-order valence-corrected chi connectivity index (χ3v) is 1.31. The first-order chi connectivity index (χ1) is 5.20. The van der Waals surface area contributed by atoms with Crippen molar-refractivity contribution in [2.45, 2.75) is 0 Å². The zero-order chi connectivity index (χ0) is 8.27. The minimum absolute atomic E-state index is 0.194. The lowest BCUT2D eigenvalue weighted by Gasteiger charge is -1.96. The summed E-state index contributed by atoms with van der Waals surface area (Å²) >= 11 is 5.56. The predicted molar refractivity (Wildman–Crippen MR) is 39.9 cm³/mol. The Hall–Kier alpha value is -1.36. The van der Waals surface area contributed by atoms with Crippen molar-refractivity contribution in [3.8, 4) is 0 Å². The minimum Gasteiger partial charge on any atom is -0.262 e. The Kier molecular flexibility index (Phi) is 2.22. The van der Waals surface area contributed by atoms with E-state index in [0.29, 0.717) is 0 Å². The number of aromatic nitrogens is 1. The molecule has 0 bridgehead atoms. The van der Waals surface area contributed by atoms with Gasteiger partial charge in [0.25, 0.3) is 0 Å². The van der Waals surface area contributed by atoms with Crippen LogP contribution in [0.1, 0.15) is 0 Å². The number of hydrogen-bond donors (Lipinski definition) is 1. The third kappa shape index (κ3) is 2.05. The van der Waals surface area contributed by atoms with E-state index in [9.17, 15) is 10.1 Å². The lowest BCUT2D eigenvalue weighted by Crippen LogP contribution is -2.08. The zero-order valence-corrected chi connectivity index (χ0v) is 6.08. The second kappa shape index (κ2) is 3.16. The molecule has 0 fully saturated rings. The van der Waals surface area contributed by atoms with Crippen LogP contribution in [0.4, 0.5) is 5.69 Å². The summed E-state index contributed by atoms with van der Waals surface area (Å²) in [4.78, 5) is 13.6. The molecule has 11 heavy (non-hydrogen) atoms. The van der Waals surface area contributed by atoms with Crippen molar-refractivity contribution in [3.05, 3.63) is 33.6 Å². The first-order valence-corrected chi connectivity index (χ1v) is 3.08. The molecule has 0 amide bonds. The van der Waals surface area contributed by atoms with E-state index in [2.05, 4.69) is 4.98 Å². The van der Waals surface area contributed by atoms with Gasteiger partial charge in [-0.25, -0.2) is 10.1 Å². The Morgan fingerprint density at radius 3 is 3.00 bits per heavy atom. The van der Waals surface area contributed by atoms with Gasteiger partial charge < -0.3 is 0 Å². The number of hydrazine groups is 1. The van der Waals surface area contributed by atoms with Gasteiger partial charge >= 0.3 is 0 Å². The normalized spacial score (nSPS) is 9.18. The van der Waals surface area contributed by atoms with Crippen LogP contribution in [-0.4, -0.2) is 10.0 Å². The molecule has 0 saturated carbocycles. The SMILES string of the molecule is O=[N+]([O-])Nc1cnccc1Cl.